The molecular weight excluding hydrogens is 159 g/mol. The molecule has 0 N–H and O–H groups in total. The fourth-order valence-electron chi connectivity index (χ4n) is 0.507. The maximum atomic E-state index is 5.76. The molecule has 0 bridgehead atoms. The topological polar surface area (TPSA) is 0 Å². The van der Waals surface area contributed by atoms with Crippen molar-refractivity contribution in [3.8, 4) is 0 Å². The standard InChI is InChI=1S/C5H10Cl2Si/c1-5(2)4-8(3,6)7/h4H,1-3H3. The predicted molar refractivity (Wildman–Crippen MR) is 42.8 cm³/mol. The lowest BCUT2D eigenvalue weighted by molar-refractivity contribution is 1.41. The van der Waals surface area contributed by atoms with Gasteiger partial charge in [0.15, 0.2) is 0 Å². The number of halogens is 2. The normalized spacial score (nSPS) is 11.1. The van der Waals surface area contributed by atoms with E-state index in [2.05, 4.69) is 0 Å². The Balaban J connectivity index is 3.89. The van der Waals surface area contributed by atoms with Crippen molar-refractivity contribution in [3.05, 3.63) is 11.3 Å². The quantitative estimate of drug-likeness (QED) is 0.418. The van der Waals surface area contributed by atoms with Gasteiger partial charge in [0, 0.05) is 0 Å². The second kappa shape index (κ2) is 2.90. The van der Waals surface area contributed by atoms with Gasteiger partial charge in [0.1, 0.15) is 0 Å². The Morgan fingerprint density at radius 3 is 1.75 bits per heavy atom. The molecule has 0 rings (SSSR count). The third-order valence-electron chi connectivity index (χ3n) is 0.542. The average molecular weight is 169 g/mol. The van der Waals surface area contributed by atoms with Crippen molar-refractivity contribution in [1.29, 1.82) is 0 Å². The van der Waals surface area contributed by atoms with E-state index >= 15 is 0 Å². The summed E-state index contributed by atoms with van der Waals surface area (Å²) in [6, 6.07) is 0. The molecule has 8 heavy (non-hydrogen) atoms. The molecule has 3 heteroatoms. The molecule has 48 valence electrons. The van der Waals surface area contributed by atoms with E-state index in [1.54, 1.807) is 0 Å². The second-order valence-corrected chi connectivity index (χ2v) is 9.67. The monoisotopic (exact) mass is 168 g/mol. The first kappa shape index (κ1) is 8.54. The third kappa shape index (κ3) is 6.54. The van der Waals surface area contributed by atoms with Crippen molar-refractivity contribution in [1.82, 2.24) is 0 Å². The van der Waals surface area contributed by atoms with Crippen LogP contribution < -0.4 is 0 Å². The molecule has 0 aliphatic carbocycles. The Labute approximate surface area is 60.9 Å². The molecule has 0 heterocycles. The molecule has 0 spiro atoms. The van der Waals surface area contributed by atoms with Crippen molar-refractivity contribution < 1.29 is 0 Å². The molecule has 0 aliphatic heterocycles. The summed E-state index contributed by atoms with van der Waals surface area (Å²) in [4.78, 5) is 0. The van der Waals surface area contributed by atoms with Gasteiger partial charge in [-0.1, -0.05) is 11.3 Å². The molecule has 0 aromatic rings. The second-order valence-electron chi connectivity index (χ2n) is 2.18. The van der Waals surface area contributed by atoms with Gasteiger partial charge in [-0.2, -0.15) is 0 Å². The van der Waals surface area contributed by atoms with Crippen LogP contribution in [-0.4, -0.2) is 6.69 Å². The van der Waals surface area contributed by atoms with Gasteiger partial charge in [-0.05, 0) is 20.4 Å². The summed E-state index contributed by atoms with van der Waals surface area (Å²) >= 11 is 11.5. The van der Waals surface area contributed by atoms with Gasteiger partial charge in [0.25, 0.3) is 6.69 Å². The Bertz CT molecular complexity index is 97.5. The van der Waals surface area contributed by atoms with Crippen molar-refractivity contribution in [3.63, 3.8) is 0 Å². The SMILES string of the molecule is CC(C)=C[Si](C)(Cl)Cl. The number of rotatable bonds is 1. The van der Waals surface area contributed by atoms with Crippen LogP contribution >= 0.6 is 22.2 Å². The van der Waals surface area contributed by atoms with Gasteiger partial charge < -0.3 is 0 Å². The van der Waals surface area contributed by atoms with E-state index in [4.69, 9.17) is 22.2 Å². The van der Waals surface area contributed by atoms with Crippen LogP contribution in [0.3, 0.4) is 0 Å². The zero-order valence-electron chi connectivity index (χ0n) is 5.33. The number of hydrogen-bond acceptors (Lipinski definition) is 0. The highest BCUT2D eigenvalue weighted by Gasteiger charge is 2.15. The zero-order valence-corrected chi connectivity index (χ0v) is 7.85. The molecule has 0 aromatic carbocycles. The Hall–Kier alpha value is 0.537. The summed E-state index contributed by atoms with van der Waals surface area (Å²) in [6.45, 7) is 3.93. The van der Waals surface area contributed by atoms with E-state index in [1.807, 2.05) is 26.1 Å². The minimum Gasteiger partial charge on any atom is -0.141 e. The summed E-state index contributed by atoms with van der Waals surface area (Å²) in [5, 5.41) is 0. The van der Waals surface area contributed by atoms with Crippen LogP contribution in [0.1, 0.15) is 13.8 Å². The Kier molecular flexibility index (Phi) is 3.10. The van der Waals surface area contributed by atoms with Gasteiger partial charge >= 0.3 is 0 Å². The highest BCUT2D eigenvalue weighted by Crippen LogP contribution is 2.16. The maximum absolute atomic E-state index is 5.76. The average Bonchev–Trinajstić information content (AvgIpc) is 1.21. The first-order valence-corrected chi connectivity index (χ1v) is 7.06. The molecule has 0 fully saturated rings. The van der Waals surface area contributed by atoms with Crippen LogP contribution in [-0.2, 0) is 0 Å². The minimum atomic E-state index is -1.94. The lowest BCUT2D eigenvalue weighted by Crippen LogP contribution is -2.08. The molecule has 0 nitrogen and oxygen atoms in total. The lowest BCUT2D eigenvalue weighted by Gasteiger charge is -2.01. The molecule has 0 atom stereocenters. The summed E-state index contributed by atoms with van der Waals surface area (Å²) in [7, 11) is 0. The van der Waals surface area contributed by atoms with Crippen LogP contribution in [0, 0.1) is 0 Å². The molecule has 0 unspecified atom stereocenters. The smallest absolute Gasteiger partial charge is 0.141 e. The van der Waals surface area contributed by atoms with Crippen LogP contribution in [0.2, 0.25) is 6.55 Å². The predicted octanol–water partition coefficient (Wildman–Crippen LogP) is 3.04. The van der Waals surface area contributed by atoms with E-state index < -0.39 is 6.69 Å². The van der Waals surface area contributed by atoms with Gasteiger partial charge in [0.05, 0.1) is 0 Å². The first-order chi connectivity index (χ1) is 3.42. The zero-order chi connectivity index (χ0) is 6.78. The molecular formula is C5H10Cl2Si. The molecule has 0 saturated heterocycles. The third-order valence-corrected chi connectivity index (χ3v) is 2.28. The fourth-order valence-corrected chi connectivity index (χ4v) is 2.83. The fraction of sp³-hybridized carbons (Fsp3) is 0.600. The Morgan fingerprint density at radius 1 is 1.38 bits per heavy atom. The van der Waals surface area contributed by atoms with Crippen LogP contribution in [0.25, 0.3) is 0 Å². The van der Waals surface area contributed by atoms with Crippen LogP contribution in [0.15, 0.2) is 11.3 Å². The minimum absolute atomic E-state index is 1.20. The van der Waals surface area contributed by atoms with E-state index in [-0.39, 0.29) is 0 Å². The summed E-state index contributed by atoms with van der Waals surface area (Å²) in [6.07, 6.45) is 0. The number of hydrogen-bond donors (Lipinski definition) is 0. The molecule has 0 aromatic heterocycles. The molecule has 0 saturated carbocycles. The van der Waals surface area contributed by atoms with Crippen molar-refractivity contribution in [2.24, 2.45) is 0 Å². The van der Waals surface area contributed by atoms with Crippen molar-refractivity contribution in [2.75, 3.05) is 0 Å². The molecule has 0 amide bonds. The van der Waals surface area contributed by atoms with Crippen molar-refractivity contribution in [2.45, 2.75) is 20.4 Å². The van der Waals surface area contributed by atoms with Gasteiger partial charge in [0.2, 0.25) is 0 Å². The van der Waals surface area contributed by atoms with Crippen molar-refractivity contribution >= 4 is 28.9 Å². The van der Waals surface area contributed by atoms with E-state index in [9.17, 15) is 0 Å². The molecule has 0 radical (unpaired) electrons. The summed E-state index contributed by atoms with van der Waals surface area (Å²) < 4.78 is 0. The molecule has 0 aliphatic rings. The summed E-state index contributed by atoms with van der Waals surface area (Å²) in [5.41, 5.74) is 3.14. The van der Waals surface area contributed by atoms with E-state index in [0.717, 1.165) is 0 Å². The van der Waals surface area contributed by atoms with Gasteiger partial charge in [-0.15, -0.1) is 22.2 Å². The van der Waals surface area contributed by atoms with Gasteiger partial charge in [-0.3, -0.25) is 0 Å². The first-order valence-electron chi connectivity index (χ1n) is 2.46. The summed E-state index contributed by atoms with van der Waals surface area (Å²) in [5.74, 6) is 0. The largest absolute Gasteiger partial charge is 0.270 e. The van der Waals surface area contributed by atoms with Crippen LogP contribution in [0.4, 0.5) is 0 Å². The van der Waals surface area contributed by atoms with Gasteiger partial charge in [-0.25, -0.2) is 0 Å². The van der Waals surface area contributed by atoms with Crippen LogP contribution in [0.5, 0.6) is 0 Å². The maximum Gasteiger partial charge on any atom is 0.270 e. The highest BCUT2D eigenvalue weighted by molar-refractivity contribution is 7.47. The Morgan fingerprint density at radius 2 is 1.75 bits per heavy atom. The number of allylic oxidation sites excluding steroid dienone is 1. The van der Waals surface area contributed by atoms with E-state index in [0.29, 0.717) is 0 Å². The van der Waals surface area contributed by atoms with E-state index in [1.165, 1.54) is 5.57 Å². The highest BCUT2D eigenvalue weighted by atomic mass is 35.7. The lowest BCUT2D eigenvalue weighted by atomic mass is 10.4.